The van der Waals surface area contributed by atoms with Gasteiger partial charge in [-0.3, -0.25) is 0 Å². The lowest BCUT2D eigenvalue weighted by molar-refractivity contribution is 0.0862. The standard InChI is InChI=1S/C30H44O3/c1-21(11-7-6-8-17-29(3,4)33)26-13-9-14-27-23(12-10-18-30(26,27)5)15-16-24-19-25(31)20-28(32)22(24)2/h6-8,13,15-17,21,25,27-28,31-33H,2,9-12,14,18-20H2,1,3-5H3/b7-6+,17-8+,23-15+,24-16-/t21?,25-,27+,28+,30-/m1/s1. The second kappa shape index (κ2) is 10.7. The summed E-state index contributed by atoms with van der Waals surface area (Å²) in [6.45, 7) is 12.4. The lowest BCUT2D eigenvalue weighted by Crippen LogP contribution is -2.38. The molecule has 3 aliphatic carbocycles. The Balaban J connectivity index is 1.74. The Kier molecular flexibility index (Phi) is 8.42. The zero-order valence-corrected chi connectivity index (χ0v) is 21.1. The predicted octanol–water partition coefficient (Wildman–Crippen LogP) is 6.35. The first-order valence-corrected chi connectivity index (χ1v) is 12.7. The summed E-state index contributed by atoms with van der Waals surface area (Å²) in [7, 11) is 0. The summed E-state index contributed by atoms with van der Waals surface area (Å²) >= 11 is 0. The maximum absolute atomic E-state index is 10.2. The number of rotatable bonds is 6. The zero-order valence-electron chi connectivity index (χ0n) is 21.1. The zero-order chi connectivity index (χ0) is 24.2. The van der Waals surface area contributed by atoms with Gasteiger partial charge in [0.15, 0.2) is 0 Å². The largest absolute Gasteiger partial charge is 0.393 e. The molecule has 3 rings (SSSR count). The Bertz CT molecular complexity index is 863. The third-order valence-corrected chi connectivity index (χ3v) is 7.89. The molecule has 3 N–H and O–H groups in total. The molecule has 3 heteroatoms. The van der Waals surface area contributed by atoms with E-state index in [1.807, 2.05) is 12.2 Å². The molecule has 0 saturated heterocycles. The fourth-order valence-corrected chi connectivity index (χ4v) is 6.11. The molecule has 182 valence electrons. The van der Waals surface area contributed by atoms with Gasteiger partial charge in [-0.15, -0.1) is 0 Å². The summed E-state index contributed by atoms with van der Waals surface area (Å²) in [5.41, 5.74) is 4.29. The van der Waals surface area contributed by atoms with Gasteiger partial charge in [0.25, 0.3) is 0 Å². The van der Waals surface area contributed by atoms with Gasteiger partial charge in [-0.1, -0.05) is 74.1 Å². The molecule has 1 unspecified atom stereocenters. The van der Waals surface area contributed by atoms with E-state index in [2.05, 4.69) is 50.8 Å². The summed E-state index contributed by atoms with van der Waals surface area (Å²) in [5.74, 6) is 1.04. The molecule has 2 fully saturated rings. The topological polar surface area (TPSA) is 60.7 Å². The number of aliphatic hydroxyl groups is 3. The second-order valence-electron chi connectivity index (χ2n) is 11.2. The fraction of sp³-hybridized carbons (Fsp3) is 0.600. The summed E-state index contributed by atoms with van der Waals surface area (Å²) in [6, 6.07) is 0. The van der Waals surface area contributed by atoms with E-state index in [-0.39, 0.29) is 5.41 Å². The van der Waals surface area contributed by atoms with Crippen LogP contribution < -0.4 is 0 Å². The fourth-order valence-electron chi connectivity index (χ4n) is 6.11. The van der Waals surface area contributed by atoms with E-state index in [4.69, 9.17) is 0 Å². The number of fused-ring (bicyclic) bond motifs is 1. The maximum atomic E-state index is 10.2. The third-order valence-electron chi connectivity index (χ3n) is 7.89. The highest BCUT2D eigenvalue weighted by Gasteiger charge is 2.44. The molecule has 0 bridgehead atoms. The van der Waals surface area contributed by atoms with Gasteiger partial charge < -0.3 is 15.3 Å². The van der Waals surface area contributed by atoms with Crippen LogP contribution in [0.4, 0.5) is 0 Å². The van der Waals surface area contributed by atoms with E-state index < -0.39 is 17.8 Å². The number of hydrogen-bond acceptors (Lipinski definition) is 3. The van der Waals surface area contributed by atoms with Crippen molar-refractivity contribution in [3.05, 3.63) is 71.4 Å². The van der Waals surface area contributed by atoms with E-state index in [0.29, 0.717) is 24.7 Å². The van der Waals surface area contributed by atoms with Gasteiger partial charge >= 0.3 is 0 Å². The Hall–Kier alpha value is -1.68. The van der Waals surface area contributed by atoms with Crippen LogP contribution in [-0.2, 0) is 0 Å². The van der Waals surface area contributed by atoms with Crippen LogP contribution in [0.15, 0.2) is 71.4 Å². The molecule has 0 aromatic carbocycles. The monoisotopic (exact) mass is 452 g/mol. The van der Waals surface area contributed by atoms with Crippen LogP contribution in [0.5, 0.6) is 0 Å². The maximum Gasteiger partial charge on any atom is 0.0811 e. The number of allylic oxidation sites excluding steroid dienone is 8. The van der Waals surface area contributed by atoms with Crippen molar-refractivity contribution in [2.24, 2.45) is 17.3 Å². The predicted molar refractivity (Wildman–Crippen MR) is 138 cm³/mol. The first-order valence-electron chi connectivity index (χ1n) is 12.7. The number of hydrogen-bond donors (Lipinski definition) is 3. The second-order valence-corrected chi connectivity index (χ2v) is 11.2. The van der Waals surface area contributed by atoms with Gasteiger partial charge in [-0.25, -0.2) is 0 Å². The molecule has 0 amide bonds. The molecule has 2 saturated carbocycles. The molecule has 0 aliphatic heterocycles. The Labute approximate surface area is 201 Å². The molecule has 0 heterocycles. The minimum Gasteiger partial charge on any atom is -0.393 e. The average Bonchev–Trinajstić information content (AvgIpc) is 2.73. The van der Waals surface area contributed by atoms with Crippen LogP contribution in [0.2, 0.25) is 0 Å². The van der Waals surface area contributed by atoms with E-state index in [0.717, 1.165) is 30.4 Å². The Morgan fingerprint density at radius 3 is 2.73 bits per heavy atom. The normalized spacial score (nSPS) is 34.8. The van der Waals surface area contributed by atoms with Crippen molar-refractivity contribution < 1.29 is 15.3 Å². The summed E-state index contributed by atoms with van der Waals surface area (Å²) in [5, 5.41) is 30.1. The van der Waals surface area contributed by atoms with Crippen molar-refractivity contribution in [1.82, 2.24) is 0 Å². The molecule has 0 radical (unpaired) electrons. The van der Waals surface area contributed by atoms with Crippen LogP contribution in [-0.4, -0.2) is 33.1 Å². The van der Waals surface area contributed by atoms with E-state index in [1.54, 1.807) is 19.4 Å². The highest BCUT2D eigenvalue weighted by Crippen LogP contribution is 2.55. The van der Waals surface area contributed by atoms with E-state index in [9.17, 15) is 15.3 Å². The molecule has 0 aromatic heterocycles. The lowest BCUT2D eigenvalue weighted by Gasteiger charge is -2.49. The first-order chi connectivity index (χ1) is 15.5. The summed E-state index contributed by atoms with van der Waals surface area (Å²) in [4.78, 5) is 0. The lowest BCUT2D eigenvalue weighted by atomic mass is 9.55. The smallest absolute Gasteiger partial charge is 0.0811 e. The van der Waals surface area contributed by atoms with Crippen LogP contribution in [0, 0.1) is 17.3 Å². The molecule has 3 nitrogen and oxygen atoms in total. The summed E-state index contributed by atoms with van der Waals surface area (Å²) in [6.07, 6.45) is 21.7. The van der Waals surface area contributed by atoms with Gasteiger partial charge in [0.05, 0.1) is 17.8 Å². The van der Waals surface area contributed by atoms with Gasteiger partial charge in [-0.05, 0) is 87.2 Å². The minimum absolute atomic E-state index is 0.194. The van der Waals surface area contributed by atoms with Crippen molar-refractivity contribution in [2.75, 3.05) is 0 Å². The van der Waals surface area contributed by atoms with E-state index >= 15 is 0 Å². The van der Waals surface area contributed by atoms with Crippen LogP contribution in [0.1, 0.15) is 79.1 Å². The van der Waals surface area contributed by atoms with Crippen LogP contribution in [0.25, 0.3) is 0 Å². The third kappa shape index (κ3) is 6.47. The van der Waals surface area contributed by atoms with Crippen molar-refractivity contribution in [3.8, 4) is 0 Å². The van der Waals surface area contributed by atoms with Crippen LogP contribution in [0.3, 0.4) is 0 Å². The quantitative estimate of drug-likeness (QED) is 0.325. The van der Waals surface area contributed by atoms with Crippen molar-refractivity contribution in [3.63, 3.8) is 0 Å². The van der Waals surface area contributed by atoms with Gasteiger partial charge in [0.2, 0.25) is 0 Å². The van der Waals surface area contributed by atoms with Crippen molar-refractivity contribution >= 4 is 0 Å². The minimum atomic E-state index is -0.775. The molecular weight excluding hydrogens is 408 g/mol. The Morgan fingerprint density at radius 1 is 1.24 bits per heavy atom. The SMILES string of the molecule is C=C1/C(=C\C=C2/CCC[C@]3(C)C(C(C)C/C=C/C=C/C(C)(C)O)=CCC[C@@H]23)C[C@@H](O)C[C@@H]1O. The van der Waals surface area contributed by atoms with Crippen molar-refractivity contribution in [1.29, 1.82) is 0 Å². The first kappa shape index (κ1) is 25.9. The highest BCUT2D eigenvalue weighted by molar-refractivity contribution is 5.39. The molecule has 5 atom stereocenters. The molecule has 0 spiro atoms. The van der Waals surface area contributed by atoms with Gasteiger partial charge in [-0.2, -0.15) is 0 Å². The average molecular weight is 453 g/mol. The van der Waals surface area contributed by atoms with Gasteiger partial charge in [0, 0.05) is 6.42 Å². The number of aliphatic hydroxyl groups excluding tert-OH is 2. The molecule has 3 aliphatic rings. The summed E-state index contributed by atoms with van der Waals surface area (Å²) < 4.78 is 0. The van der Waals surface area contributed by atoms with Gasteiger partial charge in [0.1, 0.15) is 0 Å². The Morgan fingerprint density at radius 2 is 2.00 bits per heavy atom. The highest BCUT2D eigenvalue weighted by atomic mass is 16.3. The van der Waals surface area contributed by atoms with Crippen LogP contribution >= 0.6 is 0 Å². The van der Waals surface area contributed by atoms with E-state index in [1.165, 1.54) is 24.8 Å². The molecular formula is C30H44O3. The molecule has 33 heavy (non-hydrogen) atoms. The van der Waals surface area contributed by atoms with Crippen molar-refractivity contribution in [2.45, 2.75) is 96.9 Å². The molecule has 0 aromatic rings.